The van der Waals surface area contributed by atoms with Gasteiger partial charge in [0.2, 0.25) is 0 Å². The zero-order valence-electron chi connectivity index (χ0n) is 10.1. The minimum atomic E-state index is -0.0951. The number of ether oxygens (including phenoxy) is 1. The first-order valence-corrected chi connectivity index (χ1v) is 6.22. The molecule has 15 heavy (non-hydrogen) atoms. The summed E-state index contributed by atoms with van der Waals surface area (Å²) in [6, 6.07) is 0. The highest BCUT2D eigenvalue weighted by molar-refractivity contribution is 4.76. The molecule has 0 bridgehead atoms. The van der Waals surface area contributed by atoms with Crippen molar-refractivity contribution in [3.05, 3.63) is 0 Å². The second kappa shape index (κ2) is 7.20. The Balaban J connectivity index is 2.02. The van der Waals surface area contributed by atoms with Gasteiger partial charge in [-0.2, -0.15) is 0 Å². The second-order valence-electron chi connectivity index (χ2n) is 4.60. The molecule has 2 atom stereocenters. The fraction of sp³-hybridized carbons (Fsp3) is 1.00. The lowest BCUT2D eigenvalue weighted by atomic mass is 9.97. The summed E-state index contributed by atoms with van der Waals surface area (Å²) < 4.78 is 5.53. The number of piperidine rings is 1. The molecule has 1 saturated heterocycles. The molecule has 0 aliphatic carbocycles. The van der Waals surface area contributed by atoms with Crippen LogP contribution in [0.3, 0.4) is 0 Å². The fourth-order valence-electron chi connectivity index (χ4n) is 1.96. The molecule has 1 aliphatic heterocycles. The zero-order chi connectivity index (χ0) is 11.1. The maximum absolute atomic E-state index is 9.58. The van der Waals surface area contributed by atoms with Crippen LogP contribution in [0.1, 0.15) is 33.1 Å². The molecule has 0 amide bonds. The van der Waals surface area contributed by atoms with Crippen LogP contribution < -0.4 is 0 Å². The average molecular weight is 215 g/mol. The highest BCUT2D eigenvalue weighted by Gasteiger charge is 2.23. The van der Waals surface area contributed by atoms with E-state index in [1.807, 2.05) is 0 Å². The lowest BCUT2D eigenvalue weighted by Crippen LogP contribution is -2.43. The Labute approximate surface area is 93.4 Å². The summed E-state index contributed by atoms with van der Waals surface area (Å²) in [5.74, 6) is 0.411. The molecule has 1 rings (SSSR count). The summed E-state index contributed by atoms with van der Waals surface area (Å²) in [6.45, 7) is 9.07. The van der Waals surface area contributed by atoms with Gasteiger partial charge in [-0.05, 0) is 18.8 Å². The number of nitrogens with zero attached hydrogens (tertiary/aromatic N) is 1. The highest BCUT2D eigenvalue weighted by atomic mass is 16.5. The Morgan fingerprint density at radius 2 is 2.20 bits per heavy atom. The van der Waals surface area contributed by atoms with Gasteiger partial charge in [0.15, 0.2) is 0 Å². The van der Waals surface area contributed by atoms with Crippen LogP contribution in [0.25, 0.3) is 0 Å². The Bertz CT molecular complexity index is 164. The van der Waals surface area contributed by atoms with Crippen LogP contribution in [0.15, 0.2) is 0 Å². The van der Waals surface area contributed by atoms with E-state index >= 15 is 0 Å². The first kappa shape index (κ1) is 12.9. The standard InChI is InChI=1S/C12H25NO2/c1-3-4-8-15-9-7-13-6-5-12(14)11(2)10-13/h11-12,14H,3-10H2,1-2H3. The lowest BCUT2D eigenvalue weighted by Gasteiger charge is -2.34. The van der Waals surface area contributed by atoms with Crippen LogP contribution in [0, 0.1) is 5.92 Å². The van der Waals surface area contributed by atoms with E-state index < -0.39 is 0 Å². The van der Waals surface area contributed by atoms with Crippen molar-refractivity contribution in [2.24, 2.45) is 5.92 Å². The molecule has 0 spiro atoms. The van der Waals surface area contributed by atoms with E-state index in [0.717, 1.165) is 45.7 Å². The van der Waals surface area contributed by atoms with Crippen LogP contribution in [0.2, 0.25) is 0 Å². The molecule has 3 heteroatoms. The van der Waals surface area contributed by atoms with E-state index in [0.29, 0.717) is 5.92 Å². The fourth-order valence-corrected chi connectivity index (χ4v) is 1.96. The van der Waals surface area contributed by atoms with Gasteiger partial charge in [0.25, 0.3) is 0 Å². The van der Waals surface area contributed by atoms with Crippen molar-refractivity contribution in [2.45, 2.75) is 39.2 Å². The van der Waals surface area contributed by atoms with Gasteiger partial charge in [-0.3, -0.25) is 0 Å². The molecule has 0 aromatic carbocycles. The van der Waals surface area contributed by atoms with Crippen LogP contribution >= 0.6 is 0 Å². The molecule has 3 nitrogen and oxygen atoms in total. The minimum absolute atomic E-state index is 0.0951. The summed E-state index contributed by atoms with van der Waals surface area (Å²) in [5.41, 5.74) is 0. The molecule has 1 aliphatic rings. The number of likely N-dealkylation sites (tertiary alicyclic amines) is 1. The van der Waals surface area contributed by atoms with Crippen molar-refractivity contribution in [2.75, 3.05) is 32.8 Å². The third-order valence-electron chi connectivity index (χ3n) is 3.14. The molecule has 1 fully saturated rings. The van der Waals surface area contributed by atoms with Crippen LogP contribution in [0.5, 0.6) is 0 Å². The Morgan fingerprint density at radius 3 is 2.87 bits per heavy atom. The summed E-state index contributed by atoms with van der Waals surface area (Å²) in [4.78, 5) is 2.39. The van der Waals surface area contributed by atoms with E-state index in [9.17, 15) is 5.11 Å². The molecule has 90 valence electrons. The normalized spacial score (nSPS) is 28.2. The van der Waals surface area contributed by atoms with Crippen molar-refractivity contribution in [3.63, 3.8) is 0 Å². The average Bonchev–Trinajstić information content (AvgIpc) is 2.23. The van der Waals surface area contributed by atoms with Gasteiger partial charge >= 0.3 is 0 Å². The van der Waals surface area contributed by atoms with Crippen molar-refractivity contribution < 1.29 is 9.84 Å². The Kier molecular flexibility index (Phi) is 6.22. The van der Waals surface area contributed by atoms with E-state index in [4.69, 9.17) is 4.74 Å². The second-order valence-corrected chi connectivity index (χ2v) is 4.60. The van der Waals surface area contributed by atoms with Crippen molar-refractivity contribution in [1.82, 2.24) is 4.90 Å². The Morgan fingerprint density at radius 1 is 1.40 bits per heavy atom. The number of aliphatic hydroxyl groups excluding tert-OH is 1. The van der Waals surface area contributed by atoms with Gasteiger partial charge < -0.3 is 14.7 Å². The largest absolute Gasteiger partial charge is 0.393 e. The molecule has 0 radical (unpaired) electrons. The number of rotatable bonds is 6. The third kappa shape index (κ3) is 4.96. The molecule has 1 N–H and O–H groups in total. The van der Waals surface area contributed by atoms with E-state index in [1.54, 1.807) is 0 Å². The Hall–Kier alpha value is -0.120. The van der Waals surface area contributed by atoms with Gasteiger partial charge in [-0.25, -0.2) is 0 Å². The quantitative estimate of drug-likeness (QED) is 0.682. The maximum Gasteiger partial charge on any atom is 0.0593 e. The van der Waals surface area contributed by atoms with Gasteiger partial charge in [0, 0.05) is 26.2 Å². The molecule has 0 aromatic rings. The SMILES string of the molecule is CCCCOCCN1CCC(O)C(C)C1. The maximum atomic E-state index is 9.58. The number of unbranched alkanes of at least 4 members (excludes halogenated alkanes) is 1. The van der Waals surface area contributed by atoms with Crippen molar-refractivity contribution in [3.8, 4) is 0 Å². The molecule has 1 heterocycles. The number of hydrogen-bond acceptors (Lipinski definition) is 3. The topological polar surface area (TPSA) is 32.7 Å². The summed E-state index contributed by atoms with van der Waals surface area (Å²) in [6.07, 6.45) is 3.18. The van der Waals surface area contributed by atoms with Gasteiger partial charge in [0.05, 0.1) is 12.7 Å². The van der Waals surface area contributed by atoms with E-state index in [-0.39, 0.29) is 6.10 Å². The first-order valence-electron chi connectivity index (χ1n) is 6.22. The minimum Gasteiger partial charge on any atom is -0.393 e. The van der Waals surface area contributed by atoms with Gasteiger partial charge in [-0.15, -0.1) is 0 Å². The van der Waals surface area contributed by atoms with Crippen LogP contribution in [-0.2, 0) is 4.74 Å². The van der Waals surface area contributed by atoms with Crippen molar-refractivity contribution in [1.29, 1.82) is 0 Å². The molecule has 0 aromatic heterocycles. The number of hydrogen-bond donors (Lipinski definition) is 1. The highest BCUT2D eigenvalue weighted by Crippen LogP contribution is 2.15. The zero-order valence-corrected chi connectivity index (χ0v) is 10.1. The lowest BCUT2D eigenvalue weighted by molar-refractivity contribution is 0.0200. The molecular formula is C12H25NO2. The summed E-state index contributed by atoms with van der Waals surface area (Å²) in [7, 11) is 0. The predicted octanol–water partition coefficient (Wildman–Crippen LogP) is 1.51. The predicted molar refractivity (Wildman–Crippen MR) is 62.0 cm³/mol. The third-order valence-corrected chi connectivity index (χ3v) is 3.14. The van der Waals surface area contributed by atoms with Crippen LogP contribution in [0.4, 0.5) is 0 Å². The van der Waals surface area contributed by atoms with E-state index in [2.05, 4.69) is 18.7 Å². The first-order chi connectivity index (χ1) is 7.24. The van der Waals surface area contributed by atoms with Crippen molar-refractivity contribution >= 4 is 0 Å². The molecule has 2 unspecified atom stereocenters. The smallest absolute Gasteiger partial charge is 0.0593 e. The van der Waals surface area contributed by atoms with Crippen LogP contribution in [-0.4, -0.2) is 49.0 Å². The van der Waals surface area contributed by atoms with E-state index in [1.165, 1.54) is 6.42 Å². The molecule has 0 saturated carbocycles. The summed E-state index contributed by atoms with van der Waals surface area (Å²) in [5, 5.41) is 9.58. The summed E-state index contributed by atoms with van der Waals surface area (Å²) >= 11 is 0. The van der Waals surface area contributed by atoms with Gasteiger partial charge in [-0.1, -0.05) is 20.3 Å². The number of aliphatic hydroxyl groups is 1. The molecular weight excluding hydrogens is 190 g/mol. The van der Waals surface area contributed by atoms with Gasteiger partial charge in [0.1, 0.15) is 0 Å². The monoisotopic (exact) mass is 215 g/mol.